The Labute approximate surface area is 161 Å². The van der Waals surface area contributed by atoms with Gasteiger partial charge < -0.3 is 14.2 Å². The first-order chi connectivity index (χ1) is 13.2. The highest BCUT2D eigenvalue weighted by Gasteiger charge is 2.28. The Morgan fingerprint density at radius 1 is 1.11 bits per heavy atom. The summed E-state index contributed by atoms with van der Waals surface area (Å²) in [6.45, 7) is 7.90. The fourth-order valence-electron chi connectivity index (χ4n) is 4.02. The molecule has 0 spiro atoms. The van der Waals surface area contributed by atoms with Gasteiger partial charge in [-0.3, -0.25) is 4.98 Å². The molecule has 0 radical (unpaired) electrons. The van der Waals surface area contributed by atoms with E-state index in [1.807, 2.05) is 6.20 Å². The number of fused-ring (bicyclic) bond motifs is 1. The molecule has 7 nitrogen and oxygen atoms in total. The fraction of sp³-hybridized carbons (Fsp3) is 0.700. The molecule has 146 valence electrons. The van der Waals surface area contributed by atoms with Crippen LogP contribution in [0.25, 0.3) is 0 Å². The molecular formula is C20H30N6O. The third kappa shape index (κ3) is 4.22. The number of aromatic nitrogens is 5. The Morgan fingerprint density at radius 3 is 2.93 bits per heavy atom. The summed E-state index contributed by atoms with van der Waals surface area (Å²) in [5.41, 5.74) is 0. The zero-order valence-corrected chi connectivity index (χ0v) is 16.5. The van der Waals surface area contributed by atoms with Crippen molar-refractivity contribution in [3.63, 3.8) is 0 Å². The first-order valence-electron chi connectivity index (χ1n) is 10.3. The van der Waals surface area contributed by atoms with Gasteiger partial charge in [-0.15, -0.1) is 10.2 Å². The average molecular weight is 371 g/mol. The molecule has 0 amide bonds. The van der Waals surface area contributed by atoms with Crippen molar-refractivity contribution in [1.82, 2.24) is 24.7 Å². The Morgan fingerprint density at radius 2 is 2.04 bits per heavy atom. The average Bonchev–Trinajstić information content (AvgIpc) is 2.95. The summed E-state index contributed by atoms with van der Waals surface area (Å²) in [5, 5.41) is 9.07. The number of piperidine rings is 1. The van der Waals surface area contributed by atoms with E-state index >= 15 is 0 Å². The van der Waals surface area contributed by atoms with Crippen LogP contribution in [0.3, 0.4) is 0 Å². The molecule has 4 rings (SSSR count). The van der Waals surface area contributed by atoms with E-state index in [0.717, 1.165) is 50.5 Å². The molecule has 7 heteroatoms. The quantitative estimate of drug-likeness (QED) is 0.805. The third-order valence-electron chi connectivity index (χ3n) is 5.41. The van der Waals surface area contributed by atoms with Crippen molar-refractivity contribution in [3.05, 3.63) is 24.0 Å². The van der Waals surface area contributed by atoms with Gasteiger partial charge in [-0.25, -0.2) is 0 Å². The molecule has 1 unspecified atom stereocenters. The lowest BCUT2D eigenvalue weighted by Crippen LogP contribution is -2.36. The predicted octanol–water partition coefficient (Wildman–Crippen LogP) is 3.21. The molecule has 1 fully saturated rings. The van der Waals surface area contributed by atoms with Crippen LogP contribution in [0.5, 0.6) is 5.88 Å². The predicted molar refractivity (Wildman–Crippen MR) is 104 cm³/mol. The lowest BCUT2D eigenvalue weighted by molar-refractivity contribution is 0.260. The smallest absolute Gasteiger partial charge is 0.234 e. The van der Waals surface area contributed by atoms with E-state index in [-0.39, 0.29) is 0 Å². The number of ether oxygens (including phenoxy) is 1. The number of hydrogen-bond donors (Lipinski definition) is 0. The maximum absolute atomic E-state index is 5.76. The van der Waals surface area contributed by atoms with Crippen molar-refractivity contribution in [2.75, 3.05) is 24.6 Å². The van der Waals surface area contributed by atoms with Gasteiger partial charge in [0.15, 0.2) is 5.82 Å². The van der Waals surface area contributed by atoms with E-state index in [4.69, 9.17) is 4.74 Å². The SMILES string of the molecule is CC(C)COc1cncc(N2CCCC(c3nnc4n3CCCCC4)C2)n1. The van der Waals surface area contributed by atoms with Crippen LogP contribution in [0.1, 0.15) is 63.5 Å². The van der Waals surface area contributed by atoms with E-state index < -0.39 is 0 Å². The van der Waals surface area contributed by atoms with E-state index in [0.29, 0.717) is 24.3 Å². The topological polar surface area (TPSA) is 69.0 Å². The molecule has 2 aromatic heterocycles. The summed E-state index contributed by atoms with van der Waals surface area (Å²) in [6.07, 6.45) is 10.6. The van der Waals surface area contributed by atoms with Crippen LogP contribution in [0, 0.1) is 5.92 Å². The van der Waals surface area contributed by atoms with E-state index in [1.54, 1.807) is 6.20 Å². The van der Waals surface area contributed by atoms with E-state index in [9.17, 15) is 0 Å². The first kappa shape index (κ1) is 18.2. The minimum Gasteiger partial charge on any atom is -0.476 e. The number of nitrogens with zero attached hydrogens (tertiary/aromatic N) is 6. The summed E-state index contributed by atoms with van der Waals surface area (Å²) in [7, 11) is 0. The van der Waals surface area contributed by atoms with Crippen molar-refractivity contribution < 1.29 is 4.74 Å². The van der Waals surface area contributed by atoms with Gasteiger partial charge in [-0.2, -0.15) is 4.98 Å². The Kier molecular flexibility index (Phi) is 5.55. The summed E-state index contributed by atoms with van der Waals surface area (Å²) >= 11 is 0. The molecule has 2 aliphatic heterocycles. The number of aryl methyl sites for hydroxylation is 1. The van der Waals surface area contributed by atoms with Crippen LogP contribution in [0.15, 0.2) is 12.4 Å². The summed E-state index contributed by atoms with van der Waals surface area (Å²) in [5.74, 6) is 4.72. The van der Waals surface area contributed by atoms with Gasteiger partial charge >= 0.3 is 0 Å². The maximum atomic E-state index is 5.76. The maximum Gasteiger partial charge on any atom is 0.234 e. The van der Waals surface area contributed by atoms with Crippen LogP contribution in [-0.2, 0) is 13.0 Å². The van der Waals surface area contributed by atoms with Gasteiger partial charge in [0.05, 0.1) is 19.0 Å². The monoisotopic (exact) mass is 370 g/mol. The minimum absolute atomic E-state index is 0.403. The van der Waals surface area contributed by atoms with Crippen molar-refractivity contribution >= 4 is 5.82 Å². The van der Waals surface area contributed by atoms with Crippen molar-refractivity contribution in [1.29, 1.82) is 0 Å². The summed E-state index contributed by atoms with van der Waals surface area (Å²) < 4.78 is 8.14. The molecular weight excluding hydrogens is 340 g/mol. The molecule has 0 bridgehead atoms. The van der Waals surface area contributed by atoms with Crippen LogP contribution >= 0.6 is 0 Å². The van der Waals surface area contributed by atoms with Crippen LogP contribution in [-0.4, -0.2) is 44.4 Å². The molecule has 27 heavy (non-hydrogen) atoms. The second kappa shape index (κ2) is 8.23. The first-order valence-corrected chi connectivity index (χ1v) is 10.3. The minimum atomic E-state index is 0.403. The molecule has 0 aromatic carbocycles. The van der Waals surface area contributed by atoms with Crippen LogP contribution in [0.4, 0.5) is 5.82 Å². The standard InChI is InChI=1S/C20H30N6O/c1-15(2)14-27-19-12-21-11-18(22-19)25-9-6-7-16(13-25)20-24-23-17-8-4-3-5-10-26(17)20/h11-12,15-16H,3-10,13-14H2,1-2H3. The van der Waals surface area contributed by atoms with Crippen LogP contribution < -0.4 is 9.64 Å². The third-order valence-corrected chi connectivity index (χ3v) is 5.41. The molecule has 1 saturated heterocycles. The van der Waals surface area contributed by atoms with Gasteiger partial charge in [0.2, 0.25) is 5.88 Å². The highest BCUT2D eigenvalue weighted by atomic mass is 16.5. The van der Waals surface area contributed by atoms with Gasteiger partial charge in [0, 0.05) is 32.0 Å². The van der Waals surface area contributed by atoms with Crippen molar-refractivity contribution in [2.24, 2.45) is 5.92 Å². The second-order valence-electron chi connectivity index (χ2n) is 8.14. The number of hydrogen-bond acceptors (Lipinski definition) is 6. The lowest BCUT2D eigenvalue weighted by atomic mass is 9.97. The highest BCUT2D eigenvalue weighted by Crippen LogP contribution is 2.30. The number of anilines is 1. The van der Waals surface area contributed by atoms with E-state index in [1.165, 1.54) is 25.1 Å². The molecule has 2 aromatic rings. The lowest BCUT2D eigenvalue weighted by Gasteiger charge is -2.33. The highest BCUT2D eigenvalue weighted by molar-refractivity contribution is 5.39. The van der Waals surface area contributed by atoms with Crippen molar-refractivity contribution in [3.8, 4) is 5.88 Å². The summed E-state index contributed by atoms with van der Waals surface area (Å²) in [4.78, 5) is 11.4. The molecule has 4 heterocycles. The van der Waals surface area contributed by atoms with Crippen LogP contribution in [0.2, 0.25) is 0 Å². The molecule has 0 saturated carbocycles. The number of rotatable bonds is 5. The Hall–Kier alpha value is -2.18. The Bertz CT molecular complexity index is 759. The zero-order chi connectivity index (χ0) is 18.6. The van der Waals surface area contributed by atoms with Gasteiger partial charge in [-0.1, -0.05) is 20.3 Å². The molecule has 1 atom stereocenters. The van der Waals surface area contributed by atoms with Gasteiger partial charge in [-0.05, 0) is 31.6 Å². The largest absolute Gasteiger partial charge is 0.476 e. The van der Waals surface area contributed by atoms with Crippen molar-refractivity contribution in [2.45, 2.75) is 64.8 Å². The van der Waals surface area contributed by atoms with E-state index in [2.05, 4.69) is 43.5 Å². The fourth-order valence-corrected chi connectivity index (χ4v) is 4.02. The molecule has 2 aliphatic rings. The molecule has 0 N–H and O–H groups in total. The zero-order valence-electron chi connectivity index (χ0n) is 16.5. The normalized spacial score (nSPS) is 20.4. The summed E-state index contributed by atoms with van der Waals surface area (Å²) in [6, 6.07) is 0. The van der Waals surface area contributed by atoms with Gasteiger partial charge in [0.25, 0.3) is 0 Å². The second-order valence-corrected chi connectivity index (χ2v) is 8.14. The van der Waals surface area contributed by atoms with Gasteiger partial charge in [0.1, 0.15) is 11.6 Å². The molecule has 0 aliphatic carbocycles. The Balaban J connectivity index is 1.49.